The van der Waals surface area contributed by atoms with Crippen molar-refractivity contribution in [1.82, 2.24) is 0 Å². The van der Waals surface area contributed by atoms with Gasteiger partial charge in [0.1, 0.15) is 5.75 Å². The Balaban J connectivity index is 1.39. The summed E-state index contributed by atoms with van der Waals surface area (Å²) in [7, 11) is 0. The van der Waals surface area contributed by atoms with E-state index in [-0.39, 0.29) is 6.61 Å². The molecule has 0 bridgehead atoms. The zero-order chi connectivity index (χ0) is 20.6. The number of aliphatic hydroxyl groups excluding tert-OH is 1. The molecule has 1 aliphatic rings. The van der Waals surface area contributed by atoms with Gasteiger partial charge in [-0.05, 0) is 59.7 Å². The molecule has 1 atom stereocenters. The van der Waals surface area contributed by atoms with E-state index in [1.54, 1.807) is 0 Å². The SMILES string of the molecule is OCc1cccc(NCc2cccc(OCC(c3ccccc3)C3CCCC3)c2)c1. The van der Waals surface area contributed by atoms with Crippen LogP contribution in [0.5, 0.6) is 5.75 Å². The van der Waals surface area contributed by atoms with Crippen molar-refractivity contribution in [1.29, 1.82) is 0 Å². The second-order valence-electron chi connectivity index (χ2n) is 8.23. The molecule has 30 heavy (non-hydrogen) atoms. The Hall–Kier alpha value is -2.78. The fraction of sp³-hybridized carbons (Fsp3) is 0.333. The molecular formula is C27H31NO2. The van der Waals surface area contributed by atoms with Gasteiger partial charge in [0.05, 0.1) is 13.2 Å². The number of aliphatic hydroxyl groups is 1. The first kappa shape index (κ1) is 20.5. The van der Waals surface area contributed by atoms with Crippen LogP contribution < -0.4 is 10.1 Å². The third-order valence-electron chi connectivity index (χ3n) is 6.13. The van der Waals surface area contributed by atoms with E-state index in [1.165, 1.54) is 36.8 Å². The van der Waals surface area contributed by atoms with Crippen LogP contribution in [0.2, 0.25) is 0 Å². The number of nitrogens with one attached hydrogen (secondary N) is 1. The van der Waals surface area contributed by atoms with Crippen LogP contribution in [-0.4, -0.2) is 11.7 Å². The van der Waals surface area contributed by atoms with Crippen molar-refractivity contribution in [3.63, 3.8) is 0 Å². The standard InChI is InChI=1S/C27H31NO2/c29-19-22-9-6-14-25(16-22)28-18-21-8-7-15-26(17-21)30-20-27(24-12-4-5-13-24)23-10-2-1-3-11-23/h1-3,6-11,14-17,24,27-29H,4-5,12-13,18-20H2. The predicted octanol–water partition coefficient (Wildman–Crippen LogP) is 6.14. The lowest BCUT2D eigenvalue weighted by Gasteiger charge is -2.24. The number of rotatable bonds is 9. The van der Waals surface area contributed by atoms with Gasteiger partial charge in [0.2, 0.25) is 0 Å². The summed E-state index contributed by atoms with van der Waals surface area (Å²) < 4.78 is 6.30. The normalized spacial score (nSPS) is 15.1. The molecule has 0 amide bonds. The summed E-state index contributed by atoms with van der Waals surface area (Å²) in [5.74, 6) is 2.10. The van der Waals surface area contributed by atoms with Crippen LogP contribution in [0.4, 0.5) is 5.69 Å². The van der Waals surface area contributed by atoms with Gasteiger partial charge in [-0.15, -0.1) is 0 Å². The molecule has 3 aromatic rings. The Labute approximate surface area is 179 Å². The zero-order valence-electron chi connectivity index (χ0n) is 17.5. The van der Waals surface area contributed by atoms with E-state index in [9.17, 15) is 5.11 Å². The van der Waals surface area contributed by atoms with Gasteiger partial charge in [-0.25, -0.2) is 0 Å². The third kappa shape index (κ3) is 5.43. The Kier molecular flexibility index (Phi) is 7.04. The Morgan fingerprint density at radius 1 is 0.867 bits per heavy atom. The van der Waals surface area contributed by atoms with Gasteiger partial charge in [0.15, 0.2) is 0 Å². The molecule has 3 heteroatoms. The van der Waals surface area contributed by atoms with Gasteiger partial charge >= 0.3 is 0 Å². The summed E-state index contributed by atoms with van der Waals surface area (Å²) >= 11 is 0. The van der Waals surface area contributed by atoms with Crippen molar-refractivity contribution < 1.29 is 9.84 Å². The molecule has 3 aromatic carbocycles. The molecule has 3 nitrogen and oxygen atoms in total. The second-order valence-corrected chi connectivity index (χ2v) is 8.23. The molecule has 0 spiro atoms. The number of ether oxygens (including phenoxy) is 1. The molecule has 0 saturated heterocycles. The van der Waals surface area contributed by atoms with Gasteiger partial charge in [0, 0.05) is 18.2 Å². The fourth-order valence-corrected chi connectivity index (χ4v) is 4.48. The van der Waals surface area contributed by atoms with Gasteiger partial charge < -0.3 is 15.2 Å². The topological polar surface area (TPSA) is 41.5 Å². The summed E-state index contributed by atoms with van der Waals surface area (Å²) in [4.78, 5) is 0. The maximum Gasteiger partial charge on any atom is 0.119 e. The molecule has 0 radical (unpaired) electrons. The third-order valence-corrected chi connectivity index (χ3v) is 6.13. The molecule has 0 heterocycles. The molecular weight excluding hydrogens is 370 g/mol. The van der Waals surface area contributed by atoms with Crippen LogP contribution in [0.15, 0.2) is 78.9 Å². The summed E-state index contributed by atoms with van der Waals surface area (Å²) in [5.41, 5.74) is 4.50. The quantitative estimate of drug-likeness (QED) is 0.452. The smallest absolute Gasteiger partial charge is 0.119 e. The Bertz CT molecular complexity index is 919. The average molecular weight is 402 g/mol. The highest BCUT2D eigenvalue weighted by molar-refractivity contribution is 5.46. The number of benzene rings is 3. The van der Waals surface area contributed by atoms with E-state index in [0.717, 1.165) is 36.1 Å². The zero-order valence-corrected chi connectivity index (χ0v) is 17.5. The predicted molar refractivity (Wildman–Crippen MR) is 123 cm³/mol. The number of hydrogen-bond acceptors (Lipinski definition) is 3. The van der Waals surface area contributed by atoms with Crippen molar-refractivity contribution in [3.05, 3.63) is 95.6 Å². The van der Waals surface area contributed by atoms with E-state index < -0.39 is 0 Å². The van der Waals surface area contributed by atoms with Crippen molar-refractivity contribution in [2.75, 3.05) is 11.9 Å². The van der Waals surface area contributed by atoms with E-state index >= 15 is 0 Å². The van der Waals surface area contributed by atoms with Gasteiger partial charge in [-0.2, -0.15) is 0 Å². The summed E-state index contributed by atoms with van der Waals surface area (Å²) in [5, 5.41) is 12.7. The van der Waals surface area contributed by atoms with Gasteiger partial charge in [0.25, 0.3) is 0 Å². The van der Waals surface area contributed by atoms with Crippen LogP contribution in [-0.2, 0) is 13.2 Å². The first-order valence-corrected chi connectivity index (χ1v) is 11.0. The van der Waals surface area contributed by atoms with Crippen molar-refractivity contribution >= 4 is 5.69 Å². The van der Waals surface area contributed by atoms with Crippen molar-refractivity contribution in [3.8, 4) is 5.75 Å². The molecule has 1 saturated carbocycles. The summed E-state index contributed by atoms with van der Waals surface area (Å²) in [6.07, 6.45) is 5.29. The monoisotopic (exact) mass is 401 g/mol. The fourth-order valence-electron chi connectivity index (χ4n) is 4.48. The Morgan fingerprint density at radius 3 is 2.43 bits per heavy atom. The molecule has 1 aliphatic carbocycles. The first-order chi connectivity index (χ1) is 14.8. The Morgan fingerprint density at radius 2 is 1.63 bits per heavy atom. The average Bonchev–Trinajstić information content (AvgIpc) is 3.34. The van der Waals surface area contributed by atoms with Crippen molar-refractivity contribution in [2.24, 2.45) is 5.92 Å². The molecule has 4 rings (SSSR count). The highest BCUT2D eigenvalue weighted by Gasteiger charge is 2.26. The van der Waals surface area contributed by atoms with E-state index in [4.69, 9.17) is 4.74 Å². The largest absolute Gasteiger partial charge is 0.493 e. The minimum atomic E-state index is 0.0580. The maximum absolute atomic E-state index is 9.30. The van der Waals surface area contributed by atoms with Gasteiger partial charge in [-0.3, -0.25) is 0 Å². The minimum Gasteiger partial charge on any atom is -0.493 e. The van der Waals surface area contributed by atoms with Crippen LogP contribution in [0, 0.1) is 5.92 Å². The highest BCUT2D eigenvalue weighted by atomic mass is 16.5. The molecule has 156 valence electrons. The summed E-state index contributed by atoms with van der Waals surface area (Å²) in [6.45, 7) is 1.50. The maximum atomic E-state index is 9.30. The highest BCUT2D eigenvalue weighted by Crippen LogP contribution is 2.37. The number of anilines is 1. The van der Waals surface area contributed by atoms with Crippen LogP contribution >= 0.6 is 0 Å². The van der Waals surface area contributed by atoms with E-state index in [2.05, 4.69) is 53.8 Å². The van der Waals surface area contributed by atoms with Crippen LogP contribution in [0.1, 0.15) is 48.3 Å². The molecule has 1 fully saturated rings. The van der Waals surface area contributed by atoms with Crippen molar-refractivity contribution in [2.45, 2.75) is 44.8 Å². The lowest BCUT2D eigenvalue weighted by atomic mass is 9.85. The first-order valence-electron chi connectivity index (χ1n) is 11.0. The lowest BCUT2D eigenvalue weighted by Crippen LogP contribution is -2.18. The number of hydrogen-bond donors (Lipinski definition) is 2. The lowest BCUT2D eigenvalue weighted by molar-refractivity contribution is 0.245. The minimum absolute atomic E-state index is 0.0580. The van der Waals surface area contributed by atoms with E-state index in [1.807, 2.05) is 30.3 Å². The second kappa shape index (κ2) is 10.3. The van der Waals surface area contributed by atoms with Crippen LogP contribution in [0.3, 0.4) is 0 Å². The molecule has 0 aliphatic heterocycles. The van der Waals surface area contributed by atoms with E-state index in [0.29, 0.717) is 5.92 Å². The summed E-state index contributed by atoms with van der Waals surface area (Å²) in [6, 6.07) is 27.1. The molecule has 0 aromatic heterocycles. The molecule has 2 N–H and O–H groups in total. The van der Waals surface area contributed by atoms with Gasteiger partial charge in [-0.1, -0.05) is 67.4 Å². The van der Waals surface area contributed by atoms with Crippen LogP contribution in [0.25, 0.3) is 0 Å². The molecule has 1 unspecified atom stereocenters.